The molecule has 0 heterocycles. The standard InChI is InChI=1S/C14H26N2O.ClH/c1-15-10-9-14(17)16(13-7-8-13)11-12-5-3-2-4-6-12;/h12-13,15H,2-11H2,1H3;1H. The first-order valence-electron chi connectivity index (χ1n) is 7.25. The molecule has 4 heteroatoms. The lowest BCUT2D eigenvalue weighted by molar-refractivity contribution is -0.132. The van der Waals surface area contributed by atoms with Gasteiger partial charge in [0.15, 0.2) is 0 Å². The lowest BCUT2D eigenvalue weighted by Gasteiger charge is -2.30. The van der Waals surface area contributed by atoms with Crippen LogP contribution in [-0.2, 0) is 4.79 Å². The molecule has 0 bridgehead atoms. The summed E-state index contributed by atoms with van der Waals surface area (Å²) in [5.74, 6) is 1.15. The van der Waals surface area contributed by atoms with Gasteiger partial charge in [0.25, 0.3) is 0 Å². The predicted octanol–water partition coefficient (Wildman–Crippen LogP) is 2.59. The summed E-state index contributed by atoms with van der Waals surface area (Å²) < 4.78 is 0. The molecule has 0 unspecified atom stereocenters. The van der Waals surface area contributed by atoms with Gasteiger partial charge in [0.05, 0.1) is 0 Å². The first-order chi connectivity index (χ1) is 8.31. The number of halogens is 1. The lowest BCUT2D eigenvalue weighted by Crippen LogP contribution is -2.38. The second kappa shape index (κ2) is 8.00. The number of amides is 1. The van der Waals surface area contributed by atoms with Crippen LogP contribution in [0.25, 0.3) is 0 Å². The van der Waals surface area contributed by atoms with E-state index in [2.05, 4.69) is 10.2 Å². The Morgan fingerprint density at radius 2 is 1.83 bits per heavy atom. The van der Waals surface area contributed by atoms with Crippen molar-refractivity contribution in [2.75, 3.05) is 20.1 Å². The second-order valence-electron chi connectivity index (χ2n) is 5.63. The second-order valence-corrected chi connectivity index (χ2v) is 5.63. The van der Waals surface area contributed by atoms with Crippen LogP contribution in [0.1, 0.15) is 51.4 Å². The molecule has 0 radical (unpaired) electrons. The molecule has 0 atom stereocenters. The number of hydrogen-bond acceptors (Lipinski definition) is 2. The normalized spacial score (nSPS) is 20.3. The molecule has 2 rings (SSSR count). The molecule has 1 N–H and O–H groups in total. The third-order valence-electron chi connectivity index (χ3n) is 4.08. The highest BCUT2D eigenvalue weighted by atomic mass is 35.5. The Hall–Kier alpha value is -0.280. The number of carbonyl (C=O) groups is 1. The van der Waals surface area contributed by atoms with Crippen LogP contribution in [-0.4, -0.2) is 37.0 Å². The van der Waals surface area contributed by atoms with E-state index >= 15 is 0 Å². The SMILES string of the molecule is CNCCC(=O)N(CC1CCCCC1)C1CC1.Cl. The van der Waals surface area contributed by atoms with Crippen LogP contribution in [0.15, 0.2) is 0 Å². The minimum absolute atomic E-state index is 0. The van der Waals surface area contributed by atoms with Crippen LogP contribution in [0.3, 0.4) is 0 Å². The van der Waals surface area contributed by atoms with E-state index in [1.54, 1.807) is 0 Å². The van der Waals surface area contributed by atoms with Crippen LogP contribution in [0.2, 0.25) is 0 Å². The maximum Gasteiger partial charge on any atom is 0.224 e. The molecule has 0 aromatic carbocycles. The highest BCUT2D eigenvalue weighted by molar-refractivity contribution is 5.85. The Bertz CT molecular complexity index is 250. The summed E-state index contributed by atoms with van der Waals surface area (Å²) in [5.41, 5.74) is 0. The van der Waals surface area contributed by atoms with Crippen molar-refractivity contribution >= 4 is 18.3 Å². The van der Waals surface area contributed by atoms with Crippen LogP contribution >= 0.6 is 12.4 Å². The maximum atomic E-state index is 12.1. The average Bonchev–Trinajstić information content (AvgIpc) is 3.18. The summed E-state index contributed by atoms with van der Waals surface area (Å²) in [5, 5.41) is 3.07. The highest BCUT2D eigenvalue weighted by Gasteiger charge is 2.33. The highest BCUT2D eigenvalue weighted by Crippen LogP contribution is 2.31. The summed E-state index contributed by atoms with van der Waals surface area (Å²) in [6.45, 7) is 1.85. The molecule has 0 aromatic heterocycles. The van der Waals surface area contributed by atoms with Gasteiger partial charge in [-0.25, -0.2) is 0 Å². The Morgan fingerprint density at radius 3 is 2.39 bits per heavy atom. The molecule has 0 aromatic rings. The third kappa shape index (κ3) is 4.77. The average molecular weight is 275 g/mol. The van der Waals surface area contributed by atoms with E-state index in [-0.39, 0.29) is 12.4 Å². The van der Waals surface area contributed by atoms with Gasteiger partial charge in [0.1, 0.15) is 0 Å². The van der Waals surface area contributed by atoms with Gasteiger partial charge in [-0.1, -0.05) is 19.3 Å². The largest absolute Gasteiger partial charge is 0.339 e. The Balaban J connectivity index is 0.00000162. The van der Waals surface area contributed by atoms with Crippen molar-refractivity contribution in [1.29, 1.82) is 0 Å². The molecule has 2 aliphatic carbocycles. The van der Waals surface area contributed by atoms with Crippen molar-refractivity contribution in [3.63, 3.8) is 0 Å². The molecule has 18 heavy (non-hydrogen) atoms. The van der Waals surface area contributed by atoms with Crippen molar-refractivity contribution in [3.05, 3.63) is 0 Å². The van der Waals surface area contributed by atoms with E-state index in [0.29, 0.717) is 18.4 Å². The first-order valence-corrected chi connectivity index (χ1v) is 7.25. The van der Waals surface area contributed by atoms with Crippen LogP contribution in [0.5, 0.6) is 0 Å². The Morgan fingerprint density at radius 1 is 1.17 bits per heavy atom. The van der Waals surface area contributed by atoms with Crippen molar-refractivity contribution in [3.8, 4) is 0 Å². The number of carbonyl (C=O) groups excluding carboxylic acids is 1. The van der Waals surface area contributed by atoms with E-state index < -0.39 is 0 Å². The van der Waals surface area contributed by atoms with Gasteiger partial charge in [-0.05, 0) is 38.6 Å². The molecule has 2 aliphatic rings. The first kappa shape index (κ1) is 15.8. The quantitative estimate of drug-likeness (QED) is 0.807. The monoisotopic (exact) mass is 274 g/mol. The summed E-state index contributed by atoms with van der Waals surface area (Å²) in [7, 11) is 1.91. The molecule has 2 saturated carbocycles. The molecule has 0 aliphatic heterocycles. The van der Waals surface area contributed by atoms with E-state index in [4.69, 9.17) is 0 Å². The third-order valence-corrected chi connectivity index (χ3v) is 4.08. The van der Waals surface area contributed by atoms with E-state index in [1.165, 1.54) is 44.9 Å². The van der Waals surface area contributed by atoms with Crippen LogP contribution in [0, 0.1) is 5.92 Å². The van der Waals surface area contributed by atoms with Gasteiger partial charge < -0.3 is 10.2 Å². The number of nitrogens with zero attached hydrogens (tertiary/aromatic N) is 1. The summed E-state index contributed by atoms with van der Waals surface area (Å²) in [6, 6.07) is 0.585. The van der Waals surface area contributed by atoms with Gasteiger partial charge in [-0.2, -0.15) is 0 Å². The van der Waals surface area contributed by atoms with Gasteiger partial charge in [0.2, 0.25) is 5.91 Å². The molecule has 0 spiro atoms. The number of rotatable bonds is 6. The van der Waals surface area contributed by atoms with E-state index in [1.807, 2.05) is 7.05 Å². The van der Waals surface area contributed by atoms with E-state index in [0.717, 1.165) is 19.0 Å². The van der Waals surface area contributed by atoms with Gasteiger partial charge >= 0.3 is 0 Å². The van der Waals surface area contributed by atoms with Crippen LogP contribution < -0.4 is 5.32 Å². The van der Waals surface area contributed by atoms with Crippen molar-refractivity contribution in [2.24, 2.45) is 5.92 Å². The predicted molar refractivity (Wildman–Crippen MR) is 77.1 cm³/mol. The van der Waals surface area contributed by atoms with E-state index in [9.17, 15) is 4.79 Å². The zero-order valence-corrected chi connectivity index (χ0v) is 12.3. The fraction of sp³-hybridized carbons (Fsp3) is 0.929. The van der Waals surface area contributed by atoms with Gasteiger partial charge in [-0.3, -0.25) is 4.79 Å². The Labute approximate surface area is 117 Å². The maximum absolute atomic E-state index is 12.1. The zero-order chi connectivity index (χ0) is 12.1. The molecular weight excluding hydrogens is 248 g/mol. The Kier molecular flexibility index (Phi) is 7.02. The molecule has 106 valence electrons. The fourth-order valence-corrected chi connectivity index (χ4v) is 2.86. The fourth-order valence-electron chi connectivity index (χ4n) is 2.86. The molecule has 1 amide bonds. The molecule has 0 saturated heterocycles. The van der Waals surface area contributed by atoms with Crippen molar-refractivity contribution in [2.45, 2.75) is 57.4 Å². The van der Waals surface area contributed by atoms with Crippen molar-refractivity contribution < 1.29 is 4.79 Å². The molecule has 2 fully saturated rings. The molecule has 3 nitrogen and oxygen atoms in total. The summed E-state index contributed by atoms with van der Waals surface area (Å²) >= 11 is 0. The summed E-state index contributed by atoms with van der Waals surface area (Å²) in [6.07, 6.45) is 9.94. The molecular formula is C14H27ClN2O. The number of hydrogen-bond donors (Lipinski definition) is 1. The van der Waals surface area contributed by atoms with Crippen molar-refractivity contribution in [1.82, 2.24) is 10.2 Å². The van der Waals surface area contributed by atoms with Gasteiger partial charge in [0, 0.05) is 25.6 Å². The van der Waals surface area contributed by atoms with Crippen LogP contribution in [0.4, 0.5) is 0 Å². The topological polar surface area (TPSA) is 32.3 Å². The van der Waals surface area contributed by atoms with Gasteiger partial charge in [-0.15, -0.1) is 12.4 Å². The minimum atomic E-state index is 0. The minimum Gasteiger partial charge on any atom is -0.339 e. The summed E-state index contributed by atoms with van der Waals surface area (Å²) in [4.78, 5) is 14.3. The smallest absolute Gasteiger partial charge is 0.224 e. The lowest BCUT2D eigenvalue weighted by atomic mass is 9.89. The zero-order valence-electron chi connectivity index (χ0n) is 11.5. The number of nitrogens with one attached hydrogen (secondary N) is 1.